The van der Waals surface area contributed by atoms with E-state index >= 15 is 0 Å². The number of anilines is 1. The summed E-state index contributed by atoms with van der Waals surface area (Å²) in [5, 5.41) is 3.19. The highest BCUT2D eigenvalue weighted by Crippen LogP contribution is 2.33. The molecule has 1 aromatic heterocycles. The van der Waals surface area contributed by atoms with Gasteiger partial charge in [-0.1, -0.05) is 65.1 Å². The number of benzene rings is 2. The molecule has 0 saturated heterocycles. The van der Waals surface area contributed by atoms with Gasteiger partial charge in [0.05, 0.1) is 15.1 Å². The maximum atomic E-state index is 12.3. The predicted molar refractivity (Wildman–Crippen MR) is 102 cm³/mol. The zero-order valence-corrected chi connectivity index (χ0v) is 14.9. The van der Waals surface area contributed by atoms with Gasteiger partial charge in [0.15, 0.2) is 0 Å². The second-order valence-electron chi connectivity index (χ2n) is 5.19. The molecule has 126 valence electrons. The molecule has 0 bridgehead atoms. The number of amides is 1. The van der Waals surface area contributed by atoms with Crippen molar-refractivity contribution in [3.05, 3.63) is 85.6 Å². The predicted octanol–water partition coefficient (Wildman–Crippen LogP) is 5.25. The van der Waals surface area contributed by atoms with Crippen LogP contribution in [0.5, 0.6) is 0 Å². The molecular formula is C18H11Cl3N2O2. The van der Waals surface area contributed by atoms with E-state index in [4.69, 9.17) is 34.8 Å². The fraction of sp³-hybridized carbons (Fsp3) is 0. The van der Waals surface area contributed by atoms with Crippen molar-refractivity contribution in [2.24, 2.45) is 0 Å². The van der Waals surface area contributed by atoms with E-state index in [0.717, 1.165) is 5.56 Å². The Morgan fingerprint density at radius 3 is 2.16 bits per heavy atom. The number of halogens is 3. The Morgan fingerprint density at radius 1 is 0.920 bits per heavy atom. The Hall–Kier alpha value is -2.27. The summed E-state index contributed by atoms with van der Waals surface area (Å²) in [4.78, 5) is 27.3. The number of aromatic nitrogens is 1. The van der Waals surface area contributed by atoms with Crippen LogP contribution < -0.4 is 10.9 Å². The number of rotatable bonds is 3. The van der Waals surface area contributed by atoms with Crippen LogP contribution in [0.3, 0.4) is 0 Å². The Labute approximate surface area is 158 Å². The van der Waals surface area contributed by atoms with Crippen LogP contribution in [-0.2, 0) is 0 Å². The summed E-state index contributed by atoms with van der Waals surface area (Å²) >= 11 is 17.7. The molecule has 0 aliphatic carbocycles. The maximum absolute atomic E-state index is 12.3. The van der Waals surface area contributed by atoms with Crippen LogP contribution in [0.2, 0.25) is 15.1 Å². The molecule has 0 radical (unpaired) electrons. The second kappa shape index (κ2) is 7.31. The number of H-pyrrole nitrogens is 1. The summed E-state index contributed by atoms with van der Waals surface area (Å²) in [7, 11) is 0. The van der Waals surface area contributed by atoms with Crippen molar-refractivity contribution in [3.8, 4) is 11.3 Å². The van der Waals surface area contributed by atoms with Gasteiger partial charge in [0.2, 0.25) is 0 Å². The van der Waals surface area contributed by atoms with Gasteiger partial charge in [0.25, 0.3) is 11.5 Å². The van der Waals surface area contributed by atoms with Crippen molar-refractivity contribution in [1.82, 2.24) is 4.98 Å². The van der Waals surface area contributed by atoms with E-state index in [1.165, 1.54) is 18.2 Å². The van der Waals surface area contributed by atoms with E-state index < -0.39 is 11.5 Å². The third-order valence-electron chi connectivity index (χ3n) is 3.48. The molecule has 0 spiro atoms. The molecule has 3 rings (SSSR count). The number of carbonyl (C=O) groups is 1. The Morgan fingerprint density at radius 2 is 1.56 bits per heavy atom. The second-order valence-corrected chi connectivity index (χ2v) is 6.38. The van der Waals surface area contributed by atoms with Crippen LogP contribution in [0.1, 0.15) is 10.4 Å². The molecule has 2 aromatic carbocycles. The summed E-state index contributed by atoms with van der Waals surface area (Å²) in [5.74, 6) is -0.574. The number of hydrogen-bond donors (Lipinski definition) is 2. The monoisotopic (exact) mass is 392 g/mol. The molecule has 0 fully saturated rings. The van der Waals surface area contributed by atoms with Gasteiger partial charge in [-0.3, -0.25) is 9.59 Å². The van der Waals surface area contributed by atoms with E-state index in [1.807, 2.05) is 30.3 Å². The average Bonchev–Trinajstić information content (AvgIpc) is 2.60. The van der Waals surface area contributed by atoms with E-state index in [-0.39, 0.29) is 20.6 Å². The number of aromatic amines is 1. The molecule has 0 atom stereocenters. The van der Waals surface area contributed by atoms with Gasteiger partial charge in [-0.05, 0) is 29.8 Å². The molecule has 1 amide bonds. The summed E-state index contributed by atoms with van der Waals surface area (Å²) in [6.07, 6.45) is 0. The lowest BCUT2D eigenvalue weighted by atomic mass is 10.1. The summed E-state index contributed by atoms with van der Waals surface area (Å²) in [6.45, 7) is 0. The summed E-state index contributed by atoms with van der Waals surface area (Å²) in [5.41, 5.74) is 1.30. The Balaban J connectivity index is 1.87. The molecule has 2 N–H and O–H groups in total. The normalized spacial score (nSPS) is 10.5. The van der Waals surface area contributed by atoms with Gasteiger partial charge >= 0.3 is 0 Å². The van der Waals surface area contributed by atoms with Crippen LogP contribution in [-0.4, -0.2) is 10.9 Å². The summed E-state index contributed by atoms with van der Waals surface area (Å²) in [6, 6.07) is 15.4. The molecule has 4 nitrogen and oxygen atoms in total. The van der Waals surface area contributed by atoms with E-state index in [0.29, 0.717) is 11.4 Å². The molecule has 1 heterocycles. The molecule has 0 saturated carbocycles. The van der Waals surface area contributed by atoms with Crippen molar-refractivity contribution in [1.29, 1.82) is 0 Å². The highest BCUT2D eigenvalue weighted by molar-refractivity contribution is 6.48. The van der Waals surface area contributed by atoms with Crippen LogP contribution in [0.4, 0.5) is 5.69 Å². The van der Waals surface area contributed by atoms with Gasteiger partial charge in [0.1, 0.15) is 5.56 Å². The lowest BCUT2D eigenvalue weighted by Crippen LogP contribution is -2.23. The SMILES string of the molecule is O=C(Nc1cc(Cl)c(Cl)c(Cl)c1)c1ccc(-c2ccccc2)[nH]c1=O. The highest BCUT2D eigenvalue weighted by atomic mass is 35.5. The summed E-state index contributed by atoms with van der Waals surface area (Å²) < 4.78 is 0. The standard InChI is InChI=1S/C18H11Cl3N2O2/c19-13-8-11(9-14(20)16(13)21)22-17(24)12-6-7-15(23-18(12)25)10-4-2-1-3-5-10/h1-9H,(H,22,24)(H,23,25). The van der Waals surface area contributed by atoms with Gasteiger partial charge in [-0.15, -0.1) is 0 Å². The first-order chi connectivity index (χ1) is 12.0. The minimum absolute atomic E-state index is 0.0260. The largest absolute Gasteiger partial charge is 0.322 e. The molecule has 7 heteroatoms. The zero-order valence-electron chi connectivity index (χ0n) is 12.6. The van der Waals surface area contributed by atoms with Crippen LogP contribution >= 0.6 is 34.8 Å². The minimum atomic E-state index is -0.574. The topological polar surface area (TPSA) is 62.0 Å². The van der Waals surface area contributed by atoms with Crippen LogP contribution in [0.25, 0.3) is 11.3 Å². The number of pyridine rings is 1. The fourth-order valence-corrected chi connectivity index (χ4v) is 2.86. The lowest BCUT2D eigenvalue weighted by molar-refractivity contribution is 0.102. The van der Waals surface area contributed by atoms with Crippen molar-refractivity contribution in [2.75, 3.05) is 5.32 Å². The molecule has 0 aliphatic rings. The van der Waals surface area contributed by atoms with Gasteiger partial charge in [-0.2, -0.15) is 0 Å². The van der Waals surface area contributed by atoms with Crippen molar-refractivity contribution in [3.63, 3.8) is 0 Å². The van der Waals surface area contributed by atoms with Crippen molar-refractivity contribution < 1.29 is 4.79 Å². The zero-order chi connectivity index (χ0) is 18.0. The third-order valence-corrected chi connectivity index (χ3v) is 4.68. The van der Waals surface area contributed by atoms with E-state index in [1.54, 1.807) is 6.07 Å². The minimum Gasteiger partial charge on any atom is -0.322 e. The van der Waals surface area contributed by atoms with Gasteiger partial charge in [0, 0.05) is 11.4 Å². The average molecular weight is 394 g/mol. The maximum Gasteiger partial charge on any atom is 0.261 e. The molecule has 0 aliphatic heterocycles. The fourth-order valence-electron chi connectivity index (χ4n) is 2.26. The first-order valence-electron chi connectivity index (χ1n) is 7.20. The highest BCUT2D eigenvalue weighted by Gasteiger charge is 2.13. The third kappa shape index (κ3) is 3.87. The van der Waals surface area contributed by atoms with Gasteiger partial charge in [-0.25, -0.2) is 0 Å². The molecule has 0 unspecified atom stereocenters. The smallest absolute Gasteiger partial charge is 0.261 e. The molecular weight excluding hydrogens is 383 g/mol. The van der Waals surface area contributed by atoms with Crippen LogP contribution in [0.15, 0.2) is 59.4 Å². The van der Waals surface area contributed by atoms with E-state index in [9.17, 15) is 9.59 Å². The van der Waals surface area contributed by atoms with Crippen molar-refractivity contribution in [2.45, 2.75) is 0 Å². The first-order valence-corrected chi connectivity index (χ1v) is 8.34. The van der Waals surface area contributed by atoms with Crippen LogP contribution in [0, 0.1) is 0 Å². The number of carbonyl (C=O) groups excluding carboxylic acids is 1. The van der Waals surface area contributed by atoms with Gasteiger partial charge < -0.3 is 10.3 Å². The quantitative estimate of drug-likeness (QED) is 0.597. The molecule has 3 aromatic rings. The Bertz CT molecular complexity index is 978. The number of hydrogen-bond acceptors (Lipinski definition) is 2. The van der Waals surface area contributed by atoms with Crippen molar-refractivity contribution >= 4 is 46.4 Å². The molecule has 25 heavy (non-hydrogen) atoms. The number of nitrogens with one attached hydrogen (secondary N) is 2. The van der Waals surface area contributed by atoms with E-state index in [2.05, 4.69) is 10.3 Å². The first kappa shape index (κ1) is 17.5. The lowest BCUT2D eigenvalue weighted by Gasteiger charge is -2.08. The Kier molecular flexibility index (Phi) is 5.13.